The number of benzene rings is 3. The van der Waals surface area contributed by atoms with Gasteiger partial charge in [-0.2, -0.15) is 0 Å². The molecule has 0 spiro atoms. The van der Waals surface area contributed by atoms with Crippen LogP contribution in [0.15, 0.2) is 72.8 Å². The maximum absolute atomic E-state index is 13.0. The van der Waals surface area contributed by atoms with Crippen LogP contribution in [0.4, 0.5) is 16.2 Å². The Morgan fingerprint density at radius 3 is 2.51 bits per heavy atom. The van der Waals surface area contributed by atoms with E-state index in [1.165, 1.54) is 0 Å². The number of hydrogen-bond acceptors (Lipinski definition) is 5. The van der Waals surface area contributed by atoms with Gasteiger partial charge in [-0.15, -0.1) is 0 Å². The Labute approximate surface area is 238 Å². The van der Waals surface area contributed by atoms with Gasteiger partial charge < -0.3 is 5.32 Å². The second-order valence-corrected chi connectivity index (χ2v) is 15.2. The van der Waals surface area contributed by atoms with Crippen LogP contribution in [0.2, 0.25) is 0 Å². The molecule has 1 aliphatic rings. The Kier molecular flexibility index (Phi) is 10.5. The zero-order valence-corrected chi connectivity index (χ0v) is 24.6. The number of amides is 2. The third-order valence-corrected chi connectivity index (χ3v) is 10.3. The molecule has 0 bridgehead atoms. The van der Waals surface area contributed by atoms with Gasteiger partial charge in [-0.1, -0.05) is 0 Å². The Morgan fingerprint density at radius 2 is 1.79 bits per heavy atom. The van der Waals surface area contributed by atoms with E-state index in [9.17, 15) is 14.4 Å². The number of nitrogens with zero attached hydrogens (tertiary/aromatic N) is 1. The van der Waals surface area contributed by atoms with Crippen molar-refractivity contribution in [1.82, 2.24) is 3.11 Å². The number of ether oxygens (including phenoxy) is 1. The van der Waals surface area contributed by atoms with Crippen molar-refractivity contribution in [2.24, 2.45) is 0 Å². The topological polar surface area (TPSA) is 87.7 Å². The van der Waals surface area contributed by atoms with Gasteiger partial charge in [0.15, 0.2) is 0 Å². The predicted octanol–water partition coefficient (Wildman–Crippen LogP) is 6.82. The fourth-order valence-corrected chi connectivity index (χ4v) is 7.16. The number of hydrogen-bond donors (Lipinski definition) is 2. The van der Waals surface area contributed by atoms with Crippen molar-refractivity contribution in [3.8, 4) is 11.1 Å². The molecular weight excluding hydrogens is 605 g/mol. The summed E-state index contributed by atoms with van der Waals surface area (Å²) in [5.41, 5.74) is 4.90. The molecule has 3 aromatic carbocycles. The van der Waals surface area contributed by atoms with Crippen LogP contribution in [0.5, 0.6) is 0 Å². The molecule has 0 aromatic heterocycles. The Morgan fingerprint density at radius 1 is 1.03 bits per heavy atom. The monoisotopic (exact) mass is 641 g/mol. The third-order valence-electron chi connectivity index (χ3n) is 6.69. The summed E-state index contributed by atoms with van der Waals surface area (Å²) >= 11 is -1.09. The molecule has 3 aromatic rings. The minimum atomic E-state index is -1.09. The van der Waals surface area contributed by atoms with Crippen molar-refractivity contribution in [3.05, 3.63) is 83.9 Å². The Hall–Kier alpha value is -3.24. The van der Waals surface area contributed by atoms with E-state index in [4.69, 9.17) is 4.74 Å². The first-order chi connectivity index (χ1) is 18.9. The first kappa shape index (κ1) is 28.8. The molecule has 1 heterocycles. The van der Waals surface area contributed by atoms with E-state index in [0.717, 1.165) is 48.9 Å². The van der Waals surface area contributed by atoms with Crippen LogP contribution >= 0.6 is 20.1 Å². The Balaban J connectivity index is 1.38. The van der Waals surface area contributed by atoms with Gasteiger partial charge in [0, 0.05) is 11.3 Å². The van der Waals surface area contributed by atoms with Crippen molar-refractivity contribution in [2.75, 3.05) is 33.6 Å². The van der Waals surface area contributed by atoms with Crippen molar-refractivity contribution in [3.63, 3.8) is 0 Å². The maximum atomic E-state index is 13.0. The van der Waals surface area contributed by atoms with Gasteiger partial charge >= 0.3 is 176 Å². The summed E-state index contributed by atoms with van der Waals surface area (Å²) in [6.45, 7) is 1.92. The number of aldehydes is 1. The average molecular weight is 642 g/mol. The first-order valence-electron chi connectivity index (χ1n) is 13.2. The second-order valence-electron chi connectivity index (χ2n) is 9.77. The number of piperidine rings is 1. The predicted molar refractivity (Wildman–Crippen MR) is 166 cm³/mol. The van der Waals surface area contributed by atoms with Gasteiger partial charge in [-0.05, 0) is 24.3 Å². The molecule has 1 aliphatic heterocycles. The van der Waals surface area contributed by atoms with Gasteiger partial charge in [-0.25, -0.2) is 0 Å². The summed E-state index contributed by atoms with van der Waals surface area (Å²) in [7, 11) is 0. The molecule has 1 saturated heterocycles. The van der Waals surface area contributed by atoms with Gasteiger partial charge in [0.05, 0.1) is 0 Å². The zero-order chi connectivity index (χ0) is 27.6. The van der Waals surface area contributed by atoms with Gasteiger partial charge in [-0.3, -0.25) is 9.59 Å². The summed E-state index contributed by atoms with van der Waals surface area (Å²) < 4.78 is 8.35. The van der Waals surface area contributed by atoms with Gasteiger partial charge in [0.25, 0.3) is 0 Å². The van der Waals surface area contributed by atoms with Crippen LogP contribution in [0, 0.1) is 0 Å². The summed E-state index contributed by atoms with van der Waals surface area (Å²) in [6, 6.07) is 22.8. The number of anilines is 2. The van der Waals surface area contributed by atoms with Crippen LogP contribution in [-0.2, 0) is 16.0 Å². The minimum absolute atomic E-state index is 0.0805. The third kappa shape index (κ3) is 8.63. The van der Waals surface area contributed by atoms with E-state index >= 15 is 0 Å². The van der Waals surface area contributed by atoms with Crippen LogP contribution in [0.1, 0.15) is 41.6 Å². The molecule has 1 unspecified atom stereocenters. The standard InChI is InChI=1S/C31H36IN3O4/c1-32(2)35-19-7-11-27(21-35)39-31(38)34-29-20-23(15-18-28(29)25-9-4-3-5-10-25)8-6-12-30(37)33-26-16-13-24(22-36)14-17-26/h3-5,9-10,13-18,20,22,27H,6-8,11-12,19,21H2,1-2H3,(H,33,37)(H,34,38). The molecule has 1 fully saturated rings. The number of carbonyl (C=O) groups excluding carboxylic acids is 3. The van der Waals surface area contributed by atoms with E-state index in [2.05, 4.69) is 23.6 Å². The van der Waals surface area contributed by atoms with Crippen molar-refractivity contribution in [2.45, 2.75) is 38.2 Å². The quantitative estimate of drug-likeness (QED) is 0.110. The van der Waals surface area contributed by atoms with Crippen molar-refractivity contribution in [1.29, 1.82) is 0 Å². The van der Waals surface area contributed by atoms with Gasteiger partial charge in [0.1, 0.15) is 6.29 Å². The number of nitrogens with one attached hydrogen (secondary N) is 2. The molecule has 0 aliphatic carbocycles. The normalized spacial score (nSPS) is 15.7. The Bertz CT molecular complexity index is 1260. The van der Waals surface area contributed by atoms with E-state index in [-0.39, 0.29) is 12.0 Å². The van der Waals surface area contributed by atoms with Crippen LogP contribution < -0.4 is 10.6 Å². The molecule has 7 nitrogen and oxygen atoms in total. The molecule has 8 heteroatoms. The summed E-state index contributed by atoms with van der Waals surface area (Å²) in [5.74, 6) is -0.0805. The molecule has 2 N–H and O–H groups in total. The van der Waals surface area contributed by atoms with Crippen molar-refractivity contribution < 1.29 is 19.1 Å². The first-order valence-corrected chi connectivity index (χ1v) is 18.5. The molecular formula is C31H36IN3O4. The van der Waals surface area contributed by atoms with Crippen LogP contribution in [-0.4, -0.2) is 50.5 Å². The molecule has 0 radical (unpaired) electrons. The summed E-state index contributed by atoms with van der Waals surface area (Å²) in [6.07, 6.45) is 3.91. The molecule has 1 atom stereocenters. The molecule has 206 valence electrons. The van der Waals surface area contributed by atoms with E-state index < -0.39 is 26.2 Å². The molecule has 4 rings (SSSR count). The van der Waals surface area contributed by atoms with Crippen LogP contribution in [0.3, 0.4) is 0 Å². The number of aryl methyl sites for hydroxylation is 1. The molecule has 0 saturated carbocycles. The number of carbonyl (C=O) groups is 3. The fraction of sp³-hybridized carbons (Fsp3) is 0.323. The molecule has 39 heavy (non-hydrogen) atoms. The van der Waals surface area contributed by atoms with Crippen LogP contribution in [0.25, 0.3) is 11.1 Å². The average Bonchev–Trinajstić information content (AvgIpc) is 2.94. The van der Waals surface area contributed by atoms with E-state index in [0.29, 0.717) is 36.2 Å². The van der Waals surface area contributed by atoms with E-state index in [1.54, 1.807) is 24.3 Å². The number of halogens is 1. The fourth-order valence-electron chi connectivity index (χ4n) is 4.63. The second kappa shape index (κ2) is 14.2. The zero-order valence-electron chi connectivity index (χ0n) is 22.5. The van der Waals surface area contributed by atoms with E-state index in [1.807, 2.05) is 48.5 Å². The summed E-state index contributed by atoms with van der Waals surface area (Å²) in [5, 5.41) is 5.88. The SMILES string of the molecule is CI(C)N1CCCC(OC(=O)Nc2cc(CCCC(=O)Nc3ccc(C=O)cc3)ccc2-c2ccccc2)C1. The number of rotatable bonds is 10. The number of alkyl halides is 2. The summed E-state index contributed by atoms with van der Waals surface area (Å²) in [4.78, 5) is 40.8. The van der Waals surface area contributed by atoms with Gasteiger partial charge in [0.2, 0.25) is 5.91 Å². The molecule has 2 amide bonds. The van der Waals surface area contributed by atoms with Crippen molar-refractivity contribution >= 4 is 49.8 Å².